The lowest BCUT2D eigenvalue weighted by molar-refractivity contribution is 0.416. The van der Waals surface area contributed by atoms with E-state index >= 15 is 0 Å². The maximum absolute atomic E-state index is 5.88. The van der Waals surface area contributed by atoms with Gasteiger partial charge in [0.05, 0.1) is 5.50 Å². The van der Waals surface area contributed by atoms with E-state index in [9.17, 15) is 0 Å². The second-order valence-electron chi connectivity index (χ2n) is 3.69. The third-order valence-electron chi connectivity index (χ3n) is 1.20. The molecule has 0 aliphatic carbocycles. The molecule has 0 heterocycles. The minimum Gasteiger partial charge on any atom is -0.444 e. The van der Waals surface area contributed by atoms with Crippen LogP contribution < -0.4 is 0 Å². The third kappa shape index (κ3) is 5.16. The van der Waals surface area contributed by atoms with E-state index in [0.29, 0.717) is 5.50 Å². The van der Waals surface area contributed by atoms with Crippen molar-refractivity contribution in [3.8, 4) is 0 Å². The molecule has 0 aliphatic heterocycles. The van der Waals surface area contributed by atoms with E-state index in [1.54, 1.807) is 0 Å². The van der Waals surface area contributed by atoms with Crippen molar-refractivity contribution in [2.75, 3.05) is 5.50 Å². The Balaban J connectivity index is 4.08. The molecule has 0 saturated carbocycles. The molecular weight excluding hydrogens is 212 g/mol. The molecule has 0 aromatic heterocycles. The first-order valence-corrected chi connectivity index (χ1v) is 10.9. The van der Waals surface area contributed by atoms with E-state index in [2.05, 4.69) is 19.6 Å². The first-order valence-electron chi connectivity index (χ1n) is 3.64. The Morgan fingerprint density at radius 1 is 1.27 bits per heavy atom. The number of rotatable bonds is 4. The minimum atomic E-state index is -1.94. The van der Waals surface area contributed by atoms with Crippen LogP contribution in [0.4, 0.5) is 0 Å². The number of alkyl halides is 1. The molecule has 0 fully saturated rings. The maximum Gasteiger partial charge on any atom is 0.329 e. The van der Waals surface area contributed by atoms with E-state index in [4.69, 9.17) is 19.8 Å². The van der Waals surface area contributed by atoms with Crippen molar-refractivity contribution in [2.24, 2.45) is 0 Å². The molecule has 11 heavy (non-hydrogen) atoms. The van der Waals surface area contributed by atoms with Gasteiger partial charge >= 0.3 is 8.56 Å². The van der Waals surface area contributed by atoms with Crippen LogP contribution in [0.1, 0.15) is 0 Å². The quantitative estimate of drug-likeness (QED) is 0.528. The summed E-state index contributed by atoms with van der Waals surface area (Å²) in [6.07, 6.45) is 0. The van der Waals surface area contributed by atoms with Crippen molar-refractivity contribution in [2.45, 2.75) is 26.2 Å². The molecule has 1 unspecified atom stereocenters. The fourth-order valence-corrected chi connectivity index (χ4v) is 9.16. The van der Waals surface area contributed by atoms with Crippen molar-refractivity contribution in [3.63, 3.8) is 0 Å². The molecule has 0 N–H and O–H groups in total. The van der Waals surface area contributed by atoms with Crippen LogP contribution in [-0.2, 0) is 8.23 Å². The molecule has 2 nitrogen and oxygen atoms in total. The third-order valence-corrected chi connectivity index (χ3v) is 10.8. The van der Waals surface area contributed by atoms with Gasteiger partial charge in [-0.25, -0.2) is 0 Å². The number of halogens is 1. The summed E-state index contributed by atoms with van der Waals surface area (Å²) in [5.41, 5.74) is 0.542. The fourth-order valence-electron chi connectivity index (χ4n) is 0.771. The highest BCUT2D eigenvalue weighted by Crippen LogP contribution is 2.15. The van der Waals surface area contributed by atoms with Crippen LogP contribution in [-0.4, -0.2) is 32.9 Å². The Morgan fingerprint density at radius 2 is 1.73 bits per heavy atom. The van der Waals surface area contributed by atoms with Crippen LogP contribution in [0.2, 0.25) is 26.2 Å². The smallest absolute Gasteiger partial charge is 0.329 e. The molecule has 0 saturated heterocycles. The first kappa shape index (κ1) is 11.9. The van der Waals surface area contributed by atoms with Gasteiger partial charge in [0, 0.05) is 0 Å². The Labute approximate surface area is 79.2 Å². The van der Waals surface area contributed by atoms with Crippen LogP contribution >= 0.6 is 11.6 Å². The van der Waals surface area contributed by atoms with Gasteiger partial charge in [-0.2, -0.15) is 0 Å². The molecule has 1 atom stereocenters. The summed E-state index contributed by atoms with van der Waals surface area (Å²) in [6, 6.07) is 0. The van der Waals surface area contributed by atoms with Crippen LogP contribution in [0.3, 0.4) is 0 Å². The van der Waals surface area contributed by atoms with Gasteiger partial charge in [-0.1, -0.05) is 0 Å². The van der Waals surface area contributed by atoms with Gasteiger partial charge in [-0.3, -0.25) is 0 Å². The molecule has 0 radical (unpaired) electrons. The van der Waals surface area contributed by atoms with Crippen molar-refractivity contribution in [1.82, 2.24) is 0 Å². The molecule has 0 bridgehead atoms. The zero-order chi connectivity index (χ0) is 9.12. The summed E-state index contributed by atoms with van der Waals surface area (Å²) in [7, 11) is -2.68. The van der Waals surface area contributed by atoms with E-state index in [1.165, 1.54) is 0 Å². The maximum atomic E-state index is 5.88. The van der Waals surface area contributed by atoms with Crippen molar-refractivity contribution in [1.29, 1.82) is 0 Å². The topological polar surface area (TPSA) is 18.5 Å². The molecule has 6 heteroatoms. The zero-order valence-electron chi connectivity index (χ0n) is 7.90. The van der Waals surface area contributed by atoms with Gasteiger partial charge in [0.2, 0.25) is 0 Å². The highest BCUT2D eigenvalue weighted by Gasteiger charge is 2.34. The van der Waals surface area contributed by atoms with Crippen molar-refractivity contribution >= 4 is 39.0 Å². The van der Waals surface area contributed by atoms with Crippen LogP contribution in [0, 0.1) is 0 Å². The van der Waals surface area contributed by atoms with Crippen molar-refractivity contribution in [3.05, 3.63) is 0 Å². The van der Waals surface area contributed by atoms with Gasteiger partial charge < -0.3 is 8.23 Å². The molecular formula is C5H17ClO2Si3. The lowest BCUT2D eigenvalue weighted by Crippen LogP contribution is -2.48. The average Bonchev–Trinajstić information content (AvgIpc) is 1.84. The number of hydrogen-bond acceptors (Lipinski definition) is 2. The van der Waals surface area contributed by atoms with E-state index < -0.39 is 16.9 Å². The summed E-state index contributed by atoms with van der Waals surface area (Å²) >= 11 is 5.77. The second-order valence-corrected chi connectivity index (χ2v) is 13.7. The predicted octanol–water partition coefficient (Wildman–Crippen LogP) is 0.985. The van der Waals surface area contributed by atoms with E-state index in [-0.39, 0.29) is 0 Å². The zero-order valence-corrected chi connectivity index (χ0v) is 12.7. The van der Waals surface area contributed by atoms with Gasteiger partial charge in [-0.15, -0.1) is 11.6 Å². The standard InChI is InChI=1S/C5H17ClO2Si3/c1-10(2,3)8-11(4,5-6)7-9/h5H2,1-4,9H3. The van der Waals surface area contributed by atoms with Crippen LogP contribution in [0.5, 0.6) is 0 Å². The molecule has 0 aromatic rings. The Kier molecular flexibility index (Phi) is 4.53. The lowest BCUT2D eigenvalue weighted by Gasteiger charge is -2.31. The minimum absolute atomic E-state index is 0.542. The largest absolute Gasteiger partial charge is 0.444 e. The van der Waals surface area contributed by atoms with Crippen LogP contribution in [0.25, 0.3) is 0 Å². The highest BCUT2D eigenvalue weighted by molar-refractivity contribution is 6.85. The predicted molar refractivity (Wildman–Crippen MR) is 57.8 cm³/mol. The second kappa shape index (κ2) is 4.20. The Hall–Kier alpha value is 0.861. The van der Waals surface area contributed by atoms with E-state index in [1.807, 2.05) is 6.55 Å². The molecule has 68 valence electrons. The van der Waals surface area contributed by atoms with E-state index in [0.717, 1.165) is 10.5 Å². The number of hydrogen-bond donors (Lipinski definition) is 0. The monoisotopic (exact) mass is 228 g/mol. The van der Waals surface area contributed by atoms with Crippen LogP contribution in [0.15, 0.2) is 0 Å². The Morgan fingerprint density at radius 3 is 1.82 bits per heavy atom. The molecule has 0 rings (SSSR count). The first-order chi connectivity index (χ1) is 4.83. The van der Waals surface area contributed by atoms with Gasteiger partial charge in [0.15, 0.2) is 8.32 Å². The summed E-state index contributed by atoms with van der Waals surface area (Å²) in [5.74, 6) is 0. The SMILES string of the molecule is C[Si](C)(C)O[Si](C)(CCl)O[SiH3]. The Bertz CT molecular complexity index is 121. The molecule has 0 aliphatic rings. The summed E-state index contributed by atoms with van der Waals surface area (Å²) in [4.78, 5) is 0. The fraction of sp³-hybridized carbons (Fsp3) is 1.00. The highest BCUT2D eigenvalue weighted by atomic mass is 35.5. The normalized spacial score (nSPS) is 18.3. The molecule has 0 amide bonds. The van der Waals surface area contributed by atoms with Gasteiger partial charge in [0.1, 0.15) is 10.5 Å². The van der Waals surface area contributed by atoms with Crippen molar-refractivity contribution < 1.29 is 8.23 Å². The average molecular weight is 229 g/mol. The molecule has 0 spiro atoms. The lowest BCUT2D eigenvalue weighted by atomic mass is 11.8. The summed E-state index contributed by atoms with van der Waals surface area (Å²) in [5, 5.41) is 0. The summed E-state index contributed by atoms with van der Waals surface area (Å²) in [6.45, 7) is 8.51. The summed E-state index contributed by atoms with van der Waals surface area (Å²) < 4.78 is 11.3. The van der Waals surface area contributed by atoms with Gasteiger partial charge in [-0.05, 0) is 26.2 Å². The van der Waals surface area contributed by atoms with Gasteiger partial charge in [0.25, 0.3) is 0 Å². The molecule has 0 aromatic carbocycles.